The van der Waals surface area contributed by atoms with E-state index in [1.807, 2.05) is 24.3 Å². The summed E-state index contributed by atoms with van der Waals surface area (Å²) in [5.74, 6) is 2.21. The van der Waals surface area contributed by atoms with Crippen molar-refractivity contribution in [2.75, 3.05) is 19.7 Å². The smallest absolute Gasteiger partial charge is 0.224 e. The lowest BCUT2D eigenvalue weighted by Crippen LogP contribution is -2.48. The molecule has 0 radical (unpaired) electrons. The zero-order valence-electron chi connectivity index (χ0n) is 17.0. The van der Waals surface area contributed by atoms with Gasteiger partial charge in [-0.2, -0.15) is 0 Å². The van der Waals surface area contributed by atoms with Gasteiger partial charge in [0.15, 0.2) is 0 Å². The van der Waals surface area contributed by atoms with E-state index < -0.39 is 0 Å². The van der Waals surface area contributed by atoms with Gasteiger partial charge in [0, 0.05) is 5.92 Å². The second kappa shape index (κ2) is 8.73. The van der Waals surface area contributed by atoms with E-state index in [2.05, 4.69) is 17.6 Å². The molecule has 2 saturated carbocycles. The van der Waals surface area contributed by atoms with Crippen molar-refractivity contribution in [3.8, 4) is 11.5 Å². The lowest BCUT2D eigenvalue weighted by molar-refractivity contribution is -0.125. The lowest BCUT2D eigenvalue weighted by Gasteiger charge is -2.33. The van der Waals surface area contributed by atoms with Gasteiger partial charge in [-0.25, -0.2) is 0 Å². The minimum absolute atomic E-state index is 0.0582. The third-order valence-corrected chi connectivity index (χ3v) is 6.72. The van der Waals surface area contributed by atoms with Crippen LogP contribution in [0, 0.1) is 11.3 Å². The molecule has 154 valence electrons. The predicted octanol–water partition coefficient (Wildman–Crippen LogP) is 3.67. The summed E-state index contributed by atoms with van der Waals surface area (Å²) in [5.41, 5.74) is 0.286. The van der Waals surface area contributed by atoms with Gasteiger partial charge in [0.2, 0.25) is 5.91 Å². The second-order valence-electron chi connectivity index (χ2n) is 8.74. The fraction of sp³-hybridized carbons (Fsp3) is 0.696. The number of rotatable bonds is 7. The summed E-state index contributed by atoms with van der Waals surface area (Å²) < 4.78 is 11.9. The van der Waals surface area contributed by atoms with Crippen LogP contribution in [0.4, 0.5) is 0 Å². The van der Waals surface area contributed by atoms with Gasteiger partial charge in [-0.05, 0) is 87.7 Å². The van der Waals surface area contributed by atoms with E-state index in [0.717, 1.165) is 82.6 Å². The van der Waals surface area contributed by atoms with Gasteiger partial charge in [0.1, 0.15) is 17.6 Å². The molecule has 1 aliphatic heterocycles. The first-order valence-electron chi connectivity index (χ1n) is 11.1. The highest BCUT2D eigenvalue weighted by molar-refractivity contribution is 5.83. The number of carbonyl (C=O) groups is 1. The maximum atomic E-state index is 12.9. The van der Waals surface area contributed by atoms with Crippen LogP contribution in [0.25, 0.3) is 0 Å². The molecular weight excluding hydrogens is 352 g/mol. The Kier molecular flexibility index (Phi) is 6.10. The first-order chi connectivity index (χ1) is 13.7. The Balaban J connectivity index is 1.32. The molecule has 1 saturated heterocycles. The first kappa shape index (κ1) is 19.6. The minimum atomic E-state index is 0.0582. The minimum Gasteiger partial charge on any atom is -0.494 e. The quantitative estimate of drug-likeness (QED) is 0.751. The molecule has 1 amide bonds. The molecule has 4 rings (SSSR count). The molecule has 0 aromatic heterocycles. The van der Waals surface area contributed by atoms with Crippen LogP contribution in [-0.2, 0) is 4.79 Å². The van der Waals surface area contributed by atoms with Gasteiger partial charge in [0.05, 0.1) is 12.6 Å². The van der Waals surface area contributed by atoms with Gasteiger partial charge < -0.3 is 20.1 Å². The number of amides is 1. The Morgan fingerprint density at radius 3 is 2.61 bits per heavy atom. The lowest BCUT2D eigenvalue weighted by atomic mass is 9.90. The molecule has 5 heteroatoms. The Morgan fingerprint density at radius 2 is 1.86 bits per heavy atom. The Morgan fingerprint density at radius 1 is 1.14 bits per heavy atom. The largest absolute Gasteiger partial charge is 0.494 e. The molecule has 2 aliphatic carbocycles. The van der Waals surface area contributed by atoms with Crippen molar-refractivity contribution in [2.45, 2.75) is 70.4 Å². The van der Waals surface area contributed by atoms with Crippen LogP contribution in [0.3, 0.4) is 0 Å². The van der Waals surface area contributed by atoms with Crippen LogP contribution in [0.15, 0.2) is 24.3 Å². The normalized spacial score (nSPS) is 28.5. The van der Waals surface area contributed by atoms with Gasteiger partial charge in [-0.1, -0.05) is 13.3 Å². The number of hydrogen-bond donors (Lipinski definition) is 2. The average Bonchev–Trinajstić information content (AvgIpc) is 3.42. The third-order valence-electron chi connectivity index (χ3n) is 6.72. The van der Waals surface area contributed by atoms with E-state index in [-0.39, 0.29) is 29.4 Å². The van der Waals surface area contributed by atoms with E-state index in [1.54, 1.807) is 0 Å². The number of hydrogen-bond acceptors (Lipinski definition) is 4. The summed E-state index contributed by atoms with van der Waals surface area (Å²) in [6.45, 7) is 4.94. The monoisotopic (exact) mass is 386 g/mol. The summed E-state index contributed by atoms with van der Waals surface area (Å²) in [7, 11) is 0. The molecule has 5 nitrogen and oxygen atoms in total. The van der Waals surface area contributed by atoms with Crippen LogP contribution >= 0.6 is 0 Å². The van der Waals surface area contributed by atoms with E-state index in [4.69, 9.17) is 9.47 Å². The zero-order chi connectivity index (χ0) is 19.4. The summed E-state index contributed by atoms with van der Waals surface area (Å²) in [6, 6.07) is 8.00. The molecule has 1 aromatic rings. The number of ether oxygens (including phenoxy) is 2. The predicted molar refractivity (Wildman–Crippen MR) is 110 cm³/mol. The maximum absolute atomic E-state index is 12.9. The molecule has 3 fully saturated rings. The van der Waals surface area contributed by atoms with E-state index in [9.17, 15) is 4.79 Å². The Bertz CT molecular complexity index is 654. The summed E-state index contributed by atoms with van der Waals surface area (Å²) in [4.78, 5) is 12.9. The third kappa shape index (κ3) is 4.45. The van der Waals surface area contributed by atoms with Crippen molar-refractivity contribution in [2.24, 2.45) is 11.3 Å². The Labute approximate surface area is 168 Å². The van der Waals surface area contributed by atoms with Crippen molar-refractivity contribution >= 4 is 5.91 Å². The fourth-order valence-electron chi connectivity index (χ4n) is 4.89. The highest BCUT2D eigenvalue weighted by Gasteiger charge is 2.57. The second-order valence-corrected chi connectivity index (χ2v) is 8.74. The molecule has 3 atom stereocenters. The van der Waals surface area contributed by atoms with Crippen molar-refractivity contribution < 1.29 is 14.3 Å². The van der Waals surface area contributed by atoms with Crippen molar-refractivity contribution in [1.82, 2.24) is 10.6 Å². The summed E-state index contributed by atoms with van der Waals surface area (Å²) in [6.07, 6.45) is 8.74. The highest BCUT2D eigenvalue weighted by Crippen LogP contribution is 2.58. The SMILES string of the molecule is CCCOc1ccc(OC2CCCCC2NC(=O)C2CC23CCNCC3)cc1. The number of carbonyl (C=O) groups excluding carboxylic acids is 1. The number of nitrogens with one attached hydrogen (secondary N) is 2. The zero-order valence-corrected chi connectivity index (χ0v) is 17.0. The molecule has 3 aliphatic rings. The fourth-order valence-corrected chi connectivity index (χ4v) is 4.89. The highest BCUT2D eigenvalue weighted by atomic mass is 16.5. The van der Waals surface area contributed by atoms with Gasteiger partial charge in [0.25, 0.3) is 0 Å². The van der Waals surface area contributed by atoms with Crippen LogP contribution in [0.2, 0.25) is 0 Å². The summed E-state index contributed by atoms with van der Waals surface area (Å²) in [5, 5.41) is 6.76. The van der Waals surface area contributed by atoms with Crippen molar-refractivity contribution in [3.05, 3.63) is 24.3 Å². The van der Waals surface area contributed by atoms with Crippen LogP contribution < -0.4 is 20.1 Å². The number of piperidine rings is 1. The first-order valence-corrected chi connectivity index (χ1v) is 11.1. The van der Waals surface area contributed by atoms with Crippen molar-refractivity contribution in [1.29, 1.82) is 0 Å². The average molecular weight is 387 g/mol. The number of benzene rings is 1. The van der Waals surface area contributed by atoms with Gasteiger partial charge in [-0.15, -0.1) is 0 Å². The Hall–Kier alpha value is -1.75. The van der Waals surface area contributed by atoms with Crippen LogP contribution in [0.5, 0.6) is 11.5 Å². The van der Waals surface area contributed by atoms with Crippen LogP contribution in [0.1, 0.15) is 58.3 Å². The topological polar surface area (TPSA) is 59.6 Å². The summed E-state index contributed by atoms with van der Waals surface area (Å²) >= 11 is 0. The molecular formula is C23H34N2O3. The van der Waals surface area contributed by atoms with E-state index >= 15 is 0 Å². The molecule has 28 heavy (non-hydrogen) atoms. The maximum Gasteiger partial charge on any atom is 0.224 e. The van der Waals surface area contributed by atoms with E-state index in [0.29, 0.717) is 0 Å². The van der Waals surface area contributed by atoms with E-state index in [1.165, 1.54) is 0 Å². The molecule has 0 bridgehead atoms. The molecule has 1 spiro atoms. The molecule has 1 heterocycles. The van der Waals surface area contributed by atoms with Gasteiger partial charge >= 0.3 is 0 Å². The molecule has 2 N–H and O–H groups in total. The van der Waals surface area contributed by atoms with Crippen LogP contribution in [-0.4, -0.2) is 37.7 Å². The standard InChI is InChI=1S/C23H34N2O3/c1-2-15-27-17-7-9-18(10-8-17)28-21-6-4-3-5-20(21)25-22(26)19-16-23(19)11-13-24-14-12-23/h7-10,19-21,24H,2-6,11-16H2,1H3,(H,25,26). The van der Waals surface area contributed by atoms with Gasteiger partial charge in [-0.3, -0.25) is 4.79 Å². The molecule has 3 unspecified atom stereocenters. The van der Waals surface area contributed by atoms with Crippen molar-refractivity contribution in [3.63, 3.8) is 0 Å². The molecule has 1 aromatic carbocycles.